The zero-order chi connectivity index (χ0) is 20.5. The van der Waals surface area contributed by atoms with Gasteiger partial charge in [-0.3, -0.25) is 0 Å². The van der Waals surface area contributed by atoms with Crippen LogP contribution >= 0.6 is 0 Å². The molecule has 146 valence electrons. The van der Waals surface area contributed by atoms with E-state index in [1.807, 2.05) is 0 Å². The molecule has 15 heteroatoms. The van der Waals surface area contributed by atoms with Crippen LogP contribution in [0.2, 0.25) is 0 Å². The first-order valence-electron chi connectivity index (χ1n) is 5.52. The molecule has 0 heterocycles. The fourth-order valence-electron chi connectivity index (χ4n) is 1.83. The Balaban J connectivity index is 3.89. The second kappa shape index (κ2) is 4.93. The van der Waals surface area contributed by atoms with E-state index in [0.717, 1.165) is 0 Å². The number of ether oxygens (including phenoxy) is 1. The second-order valence-corrected chi connectivity index (χ2v) is 4.67. The predicted molar refractivity (Wildman–Crippen MR) is 49.8 cm³/mol. The highest BCUT2D eigenvalue weighted by Crippen LogP contribution is 2.72. The Kier molecular flexibility index (Phi) is 4.21. The maximum atomic E-state index is 13.9. The van der Waals surface area contributed by atoms with Gasteiger partial charge >= 0.3 is 47.4 Å². The van der Waals surface area contributed by atoms with Gasteiger partial charge in [-0.15, -0.1) is 0 Å². The number of halogens is 13. The van der Waals surface area contributed by atoms with Crippen molar-refractivity contribution in [2.75, 3.05) is 0 Å². The molecule has 1 aliphatic carbocycles. The molecule has 0 aromatic carbocycles. The van der Waals surface area contributed by atoms with Crippen molar-refractivity contribution >= 4 is 5.97 Å². The molecule has 1 fully saturated rings. The van der Waals surface area contributed by atoms with Crippen molar-refractivity contribution in [2.24, 2.45) is 0 Å². The van der Waals surface area contributed by atoms with Crippen molar-refractivity contribution in [1.29, 1.82) is 0 Å². The van der Waals surface area contributed by atoms with Gasteiger partial charge in [0.05, 0.1) is 0 Å². The van der Waals surface area contributed by atoms with Crippen molar-refractivity contribution in [1.82, 2.24) is 0 Å². The molecule has 0 radical (unpaired) electrons. The van der Waals surface area contributed by atoms with Gasteiger partial charge in [-0.25, -0.2) is 9.18 Å². The van der Waals surface area contributed by atoms with Crippen LogP contribution < -0.4 is 0 Å². The monoisotopic (exact) mass is 402 g/mol. The van der Waals surface area contributed by atoms with Gasteiger partial charge in [-0.1, -0.05) is 6.58 Å². The lowest BCUT2D eigenvalue weighted by Crippen LogP contribution is -2.87. The van der Waals surface area contributed by atoms with Crippen LogP contribution in [0.25, 0.3) is 0 Å². The van der Waals surface area contributed by atoms with Crippen LogP contribution in [0.4, 0.5) is 57.1 Å². The number of alkyl halides is 13. The molecule has 25 heavy (non-hydrogen) atoms. The first kappa shape index (κ1) is 21.3. The number of hydrogen-bond donors (Lipinski definition) is 0. The lowest BCUT2D eigenvalue weighted by Gasteiger charge is -2.53. The summed E-state index contributed by atoms with van der Waals surface area (Å²) in [6, 6.07) is 0. The van der Waals surface area contributed by atoms with E-state index in [9.17, 15) is 61.9 Å². The SMILES string of the molecule is C=CC(=O)OC(F)(F)C1(F)C(F)(F)C(F)(F)C(F)(F)C(F)(F)C1(F)F. The van der Waals surface area contributed by atoms with Gasteiger partial charge in [0.25, 0.3) is 0 Å². The van der Waals surface area contributed by atoms with Crippen LogP contribution in [-0.4, -0.2) is 47.4 Å². The van der Waals surface area contributed by atoms with Crippen LogP contribution in [0.3, 0.4) is 0 Å². The highest BCUT2D eigenvalue weighted by atomic mass is 19.4. The average molecular weight is 402 g/mol. The minimum atomic E-state index is -7.82. The minimum absolute atomic E-state index is 0.388. The Bertz CT molecular complexity index is 564. The largest absolute Gasteiger partial charge is 0.448 e. The molecule has 0 unspecified atom stereocenters. The summed E-state index contributed by atoms with van der Waals surface area (Å²) in [6.45, 7) is 2.34. The highest BCUT2D eigenvalue weighted by Gasteiger charge is 3.06. The van der Waals surface area contributed by atoms with E-state index in [-0.39, 0.29) is 6.08 Å². The quantitative estimate of drug-likeness (QED) is 0.402. The maximum absolute atomic E-state index is 13.9. The standard InChI is InChI=1S/C10H3F13O2/c1-2-3(24)25-10(22,23)4(11)5(12,13)7(16,17)9(20,21)8(18,19)6(4,14)15/h2H,1H2. The number of carbonyl (C=O) groups excluding carboxylic acids is 1. The van der Waals surface area contributed by atoms with Crippen molar-refractivity contribution in [3.63, 3.8) is 0 Å². The molecule has 0 aliphatic heterocycles. The maximum Gasteiger partial charge on any atom is 0.448 e. The Morgan fingerprint density at radius 1 is 0.720 bits per heavy atom. The molecule has 1 rings (SSSR count). The molecular formula is C10H3F13O2. The van der Waals surface area contributed by atoms with E-state index >= 15 is 0 Å². The van der Waals surface area contributed by atoms with E-state index < -0.39 is 47.4 Å². The van der Waals surface area contributed by atoms with Gasteiger partial charge in [0.15, 0.2) is 0 Å². The molecule has 2 nitrogen and oxygen atoms in total. The minimum Gasteiger partial charge on any atom is -0.395 e. The summed E-state index contributed by atoms with van der Waals surface area (Å²) in [5.74, 6) is -41.4. The molecule has 1 aliphatic rings. The van der Waals surface area contributed by atoms with Gasteiger partial charge in [-0.05, 0) is 0 Å². The number of esters is 1. The lowest BCUT2D eigenvalue weighted by atomic mass is 9.71. The normalized spacial score (nSPS) is 28.0. The van der Waals surface area contributed by atoms with Crippen LogP contribution in [0.5, 0.6) is 0 Å². The molecule has 0 spiro atoms. The van der Waals surface area contributed by atoms with Crippen molar-refractivity contribution in [2.45, 2.75) is 41.4 Å². The van der Waals surface area contributed by atoms with E-state index in [0.29, 0.717) is 0 Å². The Labute approximate surface area is 128 Å². The van der Waals surface area contributed by atoms with E-state index in [2.05, 4.69) is 11.3 Å². The number of carbonyl (C=O) groups is 1. The molecule has 1 saturated carbocycles. The van der Waals surface area contributed by atoms with Gasteiger partial charge in [0.1, 0.15) is 0 Å². The Morgan fingerprint density at radius 2 is 1.00 bits per heavy atom. The molecule has 0 aromatic heterocycles. The summed E-state index contributed by atoms with van der Waals surface area (Å²) in [4.78, 5) is 10.5. The fraction of sp³-hybridized carbons (Fsp3) is 0.700. The zero-order valence-corrected chi connectivity index (χ0v) is 11.0. The number of rotatable bonds is 3. The lowest BCUT2D eigenvalue weighted by molar-refractivity contribution is -0.521. The topological polar surface area (TPSA) is 26.3 Å². The van der Waals surface area contributed by atoms with Gasteiger partial charge < -0.3 is 4.74 Å². The summed E-state index contributed by atoms with van der Waals surface area (Å²) in [6.07, 6.45) is -7.49. The third-order valence-electron chi connectivity index (χ3n) is 3.24. The van der Waals surface area contributed by atoms with Gasteiger partial charge in [0, 0.05) is 6.08 Å². The first-order valence-corrected chi connectivity index (χ1v) is 5.52. The summed E-state index contributed by atoms with van der Waals surface area (Å²) in [5.41, 5.74) is -7.75. The Hall–Kier alpha value is -1.70. The second-order valence-electron chi connectivity index (χ2n) is 4.67. The third-order valence-corrected chi connectivity index (χ3v) is 3.24. The third kappa shape index (κ3) is 1.97. The van der Waals surface area contributed by atoms with Crippen molar-refractivity contribution in [3.05, 3.63) is 12.7 Å². The molecule has 0 amide bonds. The molecular weight excluding hydrogens is 399 g/mol. The van der Waals surface area contributed by atoms with Crippen LogP contribution in [-0.2, 0) is 9.53 Å². The summed E-state index contributed by atoms with van der Waals surface area (Å²) >= 11 is 0. The van der Waals surface area contributed by atoms with Crippen LogP contribution in [0.15, 0.2) is 12.7 Å². The molecule has 0 atom stereocenters. The highest BCUT2D eigenvalue weighted by molar-refractivity contribution is 5.81. The molecule has 0 saturated heterocycles. The van der Waals surface area contributed by atoms with E-state index in [1.54, 1.807) is 0 Å². The van der Waals surface area contributed by atoms with E-state index in [4.69, 9.17) is 0 Å². The fourth-order valence-corrected chi connectivity index (χ4v) is 1.83. The smallest absolute Gasteiger partial charge is 0.395 e. The molecule has 0 aromatic rings. The first-order chi connectivity index (χ1) is 10.7. The predicted octanol–water partition coefficient (Wildman–Crippen LogP) is 4.21. The molecule has 0 bridgehead atoms. The molecule has 0 N–H and O–H groups in total. The summed E-state index contributed by atoms with van der Waals surface area (Å²) in [5, 5.41) is 0. The average Bonchev–Trinajstić information content (AvgIpc) is 2.43. The van der Waals surface area contributed by atoms with Crippen LogP contribution in [0.1, 0.15) is 0 Å². The van der Waals surface area contributed by atoms with Crippen molar-refractivity contribution < 1.29 is 66.6 Å². The van der Waals surface area contributed by atoms with Crippen molar-refractivity contribution in [3.8, 4) is 0 Å². The zero-order valence-electron chi connectivity index (χ0n) is 11.0. The Morgan fingerprint density at radius 3 is 1.28 bits per heavy atom. The number of hydrogen-bond acceptors (Lipinski definition) is 2. The van der Waals surface area contributed by atoms with Gasteiger partial charge in [-0.2, -0.15) is 52.7 Å². The van der Waals surface area contributed by atoms with Gasteiger partial charge in [0.2, 0.25) is 0 Å². The summed E-state index contributed by atoms with van der Waals surface area (Å²) in [7, 11) is 0. The van der Waals surface area contributed by atoms with E-state index in [1.165, 1.54) is 0 Å². The van der Waals surface area contributed by atoms with Crippen LogP contribution in [0, 0.1) is 0 Å². The summed E-state index contributed by atoms with van der Waals surface area (Å²) < 4.78 is 174.